The van der Waals surface area contributed by atoms with Gasteiger partial charge in [-0.05, 0) is 48.0 Å². The molecule has 0 radical (unpaired) electrons. The van der Waals surface area contributed by atoms with Crippen molar-refractivity contribution in [2.24, 2.45) is 0 Å². The fraction of sp³-hybridized carbons (Fsp3) is 0.556. The summed E-state index contributed by atoms with van der Waals surface area (Å²) in [6.45, 7) is 7.91. The monoisotopic (exact) mass is 353 g/mol. The Bertz CT molecular complexity index is 560. The van der Waals surface area contributed by atoms with Crippen molar-refractivity contribution in [3.63, 3.8) is 0 Å². The van der Waals surface area contributed by atoms with E-state index in [-0.39, 0.29) is 12.5 Å². The number of carboxylic acids is 1. The number of nitrogens with one attached hydrogen (secondary N) is 1. The summed E-state index contributed by atoms with van der Waals surface area (Å²) in [5.74, 6) is 1.15. The van der Waals surface area contributed by atoms with Crippen molar-refractivity contribution in [3.05, 3.63) is 29.3 Å². The third kappa shape index (κ3) is 6.83. The number of hydrogen-bond acceptors (Lipinski definition) is 4. The smallest absolute Gasteiger partial charge is 0.326 e. The molecular formula is C18H27NO4S. The van der Waals surface area contributed by atoms with E-state index in [0.717, 1.165) is 16.9 Å². The molecule has 1 aromatic rings. The minimum absolute atomic E-state index is 0.187. The summed E-state index contributed by atoms with van der Waals surface area (Å²) in [6, 6.07) is 5.03. The fourth-order valence-corrected chi connectivity index (χ4v) is 2.92. The fourth-order valence-electron chi connectivity index (χ4n) is 2.23. The number of carbonyl (C=O) groups is 2. The molecule has 2 N–H and O–H groups in total. The zero-order valence-electron chi connectivity index (χ0n) is 14.8. The van der Waals surface area contributed by atoms with E-state index >= 15 is 0 Å². The summed E-state index contributed by atoms with van der Waals surface area (Å²) >= 11 is 1.65. The highest BCUT2D eigenvalue weighted by atomic mass is 32.2. The molecule has 1 atom stereocenters. The number of ether oxygens (including phenoxy) is 1. The van der Waals surface area contributed by atoms with Crippen LogP contribution in [0.25, 0.3) is 0 Å². The van der Waals surface area contributed by atoms with Crippen molar-refractivity contribution < 1.29 is 19.4 Å². The lowest BCUT2D eigenvalue weighted by Crippen LogP contribution is -2.43. The van der Waals surface area contributed by atoms with Crippen molar-refractivity contribution in [3.8, 4) is 5.75 Å². The minimum Gasteiger partial charge on any atom is -0.483 e. The number of carboxylic acid groups (broad SMARTS) is 1. The first-order valence-electron chi connectivity index (χ1n) is 8.18. The van der Waals surface area contributed by atoms with Crippen LogP contribution < -0.4 is 10.1 Å². The quantitative estimate of drug-likeness (QED) is 0.632. The Balaban J connectivity index is 2.61. The van der Waals surface area contributed by atoms with Crippen LogP contribution in [-0.2, 0) is 9.59 Å². The van der Waals surface area contributed by atoms with Gasteiger partial charge in [-0.2, -0.15) is 11.8 Å². The second kappa shape index (κ2) is 10.2. The first-order valence-corrected chi connectivity index (χ1v) is 9.33. The minimum atomic E-state index is -1.02. The highest BCUT2D eigenvalue weighted by molar-refractivity contribution is 7.99. The van der Waals surface area contributed by atoms with Gasteiger partial charge in [-0.15, -0.1) is 0 Å². The van der Waals surface area contributed by atoms with Crippen LogP contribution in [0.15, 0.2) is 18.2 Å². The number of aliphatic carboxylic acids is 1. The molecule has 1 rings (SSSR count). The van der Waals surface area contributed by atoms with Crippen LogP contribution in [0.2, 0.25) is 0 Å². The number of aryl methyl sites for hydroxylation is 1. The number of amides is 1. The zero-order valence-corrected chi connectivity index (χ0v) is 15.6. The number of carbonyl (C=O) groups excluding carboxylic acids is 1. The molecular weight excluding hydrogens is 326 g/mol. The lowest BCUT2D eigenvalue weighted by molar-refractivity contribution is -0.142. The number of rotatable bonds is 10. The number of hydrogen-bond donors (Lipinski definition) is 2. The third-order valence-corrected chi connectivity index (χ3v) is 4.47. The van der Waals surface area contributed by atoms with Gasteiger partial charge in [-0.3, -0.25) is 4.79 Å². The second-order valence-electron chi connectivity index (χ2n) is 5.93. The van der Waals surface area contributed by atoms with E-state index in [4.69, 9.17) is 4.74 Å². The summed E-state index contributed by atoms with van der Waals surface area (Å²) < 4.78 is 5.64. The Morgan fingerprint density at radius 3 is 2.62 bits per heavy atom. The summed E-state index contributed by atoms with van der Waals surface area (Å²) in [4.78, 5) is 23.3. The standard InChI is InChI=1S/C18H27NO4S/c1-5-24-9-8-15(18(21)22)19-17(20)11-23-16-10-13(4)6-7-14(16)12(2)3/h6-7,10,12,15H,5,8-9,11H2,1-4H3,(H,19,20)(H,21,22). The van der Waals surface area contributed by atoms with Gasteiger partial charge in [0, 0.05) is 0 Å². The third-order valence-electron chi connectivity index (χ3n) is 3.54. The molecule has 0 aromatic heterocycles. The molecule has 0 saturated carbocycles. The van der Waals surface area contributed by atoms with E-state index in [9.17, 15) is 14.7 Å². The molecule has 0 aliphatic heterocycles. The van der Waals surface area contributed by atoms with Crippen LogP contribution in [0.3, 0.4) is 0 Å². The lowest BCUT2D eigenvalue weighted by atomic mass is 10.0. The van der Waals surface area contributed by atoms with E-state index in [2.05, 4.69) is 19.2 Å². The highest BCUT2D eigenvalue weighted by Crippen LogP contribution is 2.27. The normalized spacial score (nSPS) is 12.0. The topological polar surface area (TPSA) is 75.6 Å². The molecule has 1 amide bonds. The van der Waals surface area contributed by atoms with Gasteiger partial charge in [-0.25, -0.2) is 4.79 Å². The molecule has 0 aliphatic carbocycles. The molecule has 24 heavy (non-hydrogen) atoms. The summed E-state index contributed by atoms with van der Waals surface area (Å²) in [5, 5.41) is 11.7. The maximum atomic E-state index is 12.0. The molecule has 6 heteroatoms. The van der Waals surface area contributed by atoms with Gasteiger partial charge >= 0.3 is 5.97 Å². The Kier molecular flexibility index (Phi) is 8.68. The maximum Gasteiger partial charge on any atom is 0.326 e. The van der Waals surface area contributed by atoms with Crippen molar-refractivity contribution in [1.82, 2.24) is 5.32 Å². The van der Waals surface area contributed by atoms with Crippen molar-refractivity contribution >= 4 is 23.6 Å². The molecule has 134 valence electrons. The molecule has 0 saturated heterocycles. The van der Waals surface area contributed by atoms with Gasteiger partial charge in [0.2, 0.25) is 0 Å². The van der Waals surface area contributed by atoms with Crippen LogP contribution in [0.4, 0.5) is 0 Å². The van der Waals surface area contributed by atoms with Gasteiger partial charge in [-0.1, -0.05) is 32.9 Å². The predicted molar refractivity (Wildman–Crippen MR) is 97.9 cm³/mol. The largest absolute Gasteiger partial charge is 0.483 e. The Morgan fingerprint density at radius 2 is 2.04 bits per heavy atom. The number of thioether (sulfide) groups is 1. The summed E-state index contributed by atoms with van der Waals surface area (Å²) in [5.41, 5.74) is 2.08. The zero-order chi connectivity index (χ0) is 18.1. The van der Waals surface area contributed by atoms with E-state index < -0.39 is 17.9 Å². The summed E-state index contributed by atoms with van der Waals surface area (Å²) in [6.07, 6.45) is 0.404. The first-order chi connectivity index (χ1) is 11.3. The average molecular weight is 353 g/mol. The average Bonchev–Trinajstić information content (AvgIpc) is 2.51. The van der Waals surface area contributed by atoms with Crippen LogP contribution >= 0.6 is 11.8 Å². The summed E-state index contributed by atoms with van der Waals surface area (Å²) in [7, 11) is 0. The molecule has 0 fully saturated rings. The van der Waals surface area contributed by atoms with Crippen LogP contribution in [-0.4, -0.2) is 41.1 Å². The van der Waals surface area contributed by atoms with E-state index in [1.807, 2.05) is 32.0 Å². The van der Waals surface area contributed by atoms with Crippen molar-refractivity contribution in [1.29, 1.82) is 0 Å². The molecule has 0 heterocycles. The van der Waals surface area contributed by atoms with Gasteiger partial charge in [0.15, 0.2) is 6.61 Å². The molecule has 1 unspecified atom stereocenters. The van der Waals surface area contributed by atoms with Crippen LogP contribution in [0.1, 0.15) is 44.2 Å². The Hall–Kier alpha value is -1.69. The van der Waals surface area contributed by atoms with Gasteiger partial charge < -0.3 is 15.2 Å². The maximum absolute atomic E-state index is 12.0. The van der Waals surface area contributed by atoms with Crippen molar-refractivity contribution in [2.75, 3.05) is 18.1 Å². The second-order valence-corrected chi connectivity index (χ2v) is 7.32. The SMILES string of the molecule is CCSCCC(NC(=O)COc1cc(C)ccc1C(C)C)C(=O)O. The molecule has 0 aliphatic rings. The van der Waals surface area contributed by atoms with Gasteiger partial charge in [0.05, 0.1) is 0 Å². The van der Waals surface area contributed by atoms with E-state index in [1.165, 1.54) is 0 Å². The van der Waals surface area contributed by atoms with Crippen LogP contribution in [0.5, 0.6) is 5.75 Å². The molecule has 1 aromatic carbocycles. The predicted octanol–water partition coefficient (Wildman–Crippen LogP) is 3.21. The Morgan fingerprint density at radius 1 is 1.33 bits per heavy atom. The van der Waals surface area contributed by atoms with E-state index in [0.29, 0.717) is 17.9 Å². The number of benzene rings is 1. The van der Waals surface area contributed by atoms with Crippen molar-refractivity contribution in [2.45, 2.75) is 46.1 Å². The molecule has 5 nitrogen and oxygen atoms in total. The van der Waals surface area contributed by atoms with Gasteiger partial charge in [0.25, 0.3) is 5.91 Å². The molecule has 0 bridgehead atoms. The van der Waals surface area contributed by atoms with Gasteiger partial charge in [0.1, 0.15) is 11.8 Å². The molecule has 0 spiro atoms. The lowest BCUT2D eigenvalue weighted by Gasteiger charge is -2.17. The van der Waals surface area contributed by atoms with Crippen LogP contribution in [0, 0.1) is 6.92 Å². The van der Waals surface area contributed by atoms with E-state index in [1.54, 1.807) is 11.8 Å². The Labute approximate surface area is 148 Å². The highest BCUT2D eigenvalue weighted by Gasteiger charge is 2.20. The first kappa shape index (κ1) is 20.4.